The van der Waals surface area contributed by atoms with Gasteiger partial charge in [-0.05, 0) is 30.7 Å². The minimum absolute atomic E-state index is 0.213. The number of methoxy groups -OCH3 is 1. The number of fused-ring (bicyclic) bond motifs is 2. The third kappa shape index (κ3) is 4.44. The Morgan fingerprint density at radius 3 is 2.90 bits per heavy atom. The molecule has 0 saturated carbocycles. The maximum absolute atomic E-state index is 13.2. The Balaban J connectivity index is 1.55. The lowest BCUT2D eigenvalue weighted by Crippen LogP contribution is -2.40. The molecule has 1 unspecified atom stereocenters. The fraction of sp³-hybridized carbons (Fsp3) is 0.391. The van der Waals surface area contributed by atoms with E-state index in [9.17, 15) is 4.79 Å². The SMILES string of the molecule is CCc1nc2cc(N)cc(C(=O)NCC3COc4ccccc4O3)c2n1CCCOC. The van der Waals surface area contributed by atoms with Gasteiger partial charge in [-0.1, -0.05) is 19.1 Å². The summed E-state index contributed by atoms with van der Waals surface area (Å²) in [4.78, 5) is 17.9. The largest absolute Gasteiger partial charge is 0.486 e. The van der Waals surface area contributed by atoms with E-state index in [1.54, 1.807) is 13.2 Å². The maximum atomic E-state index is 13.2. The molecule has 8 nitrogen and oxygen atoms in total. The van der Waals surface area contributed by atoms with Crippen molar-refractivity contribution in [2.24, 2.45) is 0 Å². The molecule has 1 amide bonds. The number of para-hydroxylation sites is 2. The number of nitrogen functional groups attached to an aromatic ring is 1. The second-order valence-corrected chi connectivity index (χ2v) is 7.52. The number of anilines is 1. The topological polar surface area (TPSA) is 101 Å². The average molecular weight is 425 g/mol. The van der Waals surface area contributed by atoms with Gasteiger partial charge in [0.2, 0.25) is 0 Å². The van der Waals surface area contributed by atoms with Crippen molar-refractivity contribution in [1.82, 2.24) is 14.9 Å². The van der Waals surface area contributed by atoms with Gasteiger partial charge in [0.25, 0.3) is 5.91 Å². The zero-order valence-corrected chi connectivity index (χ0v) is 17.9. The Kier molecular flexibility index (Phi) is 6.27. The molecule has 2 aromatic carbocycles. The molecule has 0 saturated heterocycles. The molecule has 8 heteroatoms. The molecule has 1 aliphatic rings. The normalized spacial score (nSPS) is 15.2. The van der Waals surface area contributed by atoms with Crippen LogP contribution in [0.15, 0.2) is 36.4 Å². The Labute approximate surface area is 181 Å². The molecule has 0 aliphatic carbocycles. The van der Waals surface area contributed by atoms with E-state index in [0.717, 1.165) is 35.4 Å². The summed E-state index contributed by atoms with van der Waals surface area (Å²) in [6, 6.07) is 11.0. The van der Waals surface area contributed by atoms with Gasteiger partial charge < -0.3 is 29.8 Å². The highest BCUT2D eigenvalue weighted by atomic mass is 16.6. The van der Waals surface area contributed by atoms with E-state index in [4.69, 9.17) is 24.9 Å². The van der Waals surface area contributed by atoms with Crippen molar-refractivity contribution in [3.63, 3.8) is 0 Å². The highest BCUT2D eigenvalue weighted by molar-refractivity contribution is 6.06. The molecule has 1 atom stereocenters. The monoisotopic (exact) mass is 424 g/mol. The summed E-state index contributed by atoms with van der Waals surface area (Å²) in [7, 11) is 1.68. The number of carbonyl (C=O) groups excluding carboxylic acids is 1. The molecule has 31 heavy (non-hydrogen) atoms. The third-order valence-electron chi connectivity index (χ3n) is 5.29. The van der Waals surface area contributed by atoms with E-state index >= 15 is 0 Å². The number of carbonyl (C=O) groups is 1. The van der Waals surface area contributed by atoms with Gasteiger partial charge in [-0.15, -0.1) is 0 Å². The van der Waals surface area contributed by atoms with E-state index in [0.29, 0.717) is 43.3 Å². The predicted octanol–water partition coefficient (Wildman–Crippen LogP) is 2.79. The maximum Gasteiger partial charge on any atom is 0.253 e. The van der Waals surface area contributed by atoms with Crippen LogP contribution in [0.2, 0.25) is 0 Å². The summed E-state index contributed by atoms with van der Waals surface area (Å²) in [5, 5.41) is 2.98. The Hall–Kier alpha value is -3.26. The number of amides is 1. The molecule has 0 spiro atoms. The van der Waals surface area contributed by atoms with Crippen LogP contribution in [0, 0.1) is 0 Å². The van der Waals surface area contributed by atoms with Gasteiger partial charge in [0, 0.05) is 32.4 Å². The first-order valence-corrected chi connectivity index (χ1v) is 10.5. The van der Waals surface area contributed by atoms with Crippen LogP contribution in [0.3, 0.4) is 0 Å². The summed E-state index contributed by atoms with van der Waals surface area (Å²) in [5.74, 6) is 2.11. The number of rotatable bonds is 8. The minimum atomic E-state index is -0.270. The third-order valence-corrected chi connectivity index (χ3v) is 5.29. The molecule has 3 aromatic rings. The molecule has 164 valence electrons. The lowest BCUT2D eigenvalue weighted by atomic mass is 10.1. The van der Waals surface area contributed by atoms with Gasteiger partial charge in [0.05, 0.1) is 23.1 Å². The molecule has 2 heterocycles. The van der Waals surface area contributed by atoms with Crippen molar-refractivity contribution in [3.05, 3.63) is 47.8 Å². The summed E-state index contributed by atoms with van der Waals surface area (Å²) in [5.41, 5.74) is 8.63. The highest BCUT2D eigenvalue weighted by Gasteiger charge is 2.23. The Bertz CT molecular complexity index is 1080. The second-order valence-electron chi connectivity index (χ2n) is 7.52. The van der Waals surface area contributed by atoms with E-state index in [-0.39, 0.29) is 12.0 Å². The van der Waals surface area contributed by atoms with Crippen molar-refractivity contribution in [1.29, 1.82) is 0 Å². The van der Waals surface area contributed by atoms with E-state index in [2.05, 4.69) is 16.8 Å². The number of nitrogens with two attached hydrogens (primary N) is 1. The van der Waals surface area contributed by atoms with Crippen LogP contribution < -0.4 is 20.5 Å². The van der Waals surface area contributed by atoms with Gasteiger partial charge in [-0.3, -0.25) is 4.79 Å². The zero-order chi connectivity index (χ0) is 21.8. The number of ether oxygens (including phenoxy) is 3. The lowest BCUT2D eigenvalue weighted by Gasteiger charge is -2.26. The van der Waals surface area contributed by atoms with Crippen LogP contribution in [0.5, 0.6) is 11.5 Å². The predicted molar refractivity (Wildman–Crippen MR) is 119 cm³/mol. The lowest BCUT2D eigenvalue weighted by molar-refractivity contribution is 0.0790. The number of hydrogen-bond donors (Lipinski definition) is 2. The molecule has 1 aliphatic heterocycles. The van der Waals surface area contributed by atoms with E-state index in [1.807, 2.05) is 30.3 Å². The van der Waals surface area contributed by atoms with Crippen molar-refractivity contribution < 1.29 is 19.0 Å². The number of aryl methyl sites for hydroxylation is 2. The van der Waals surface area contributed by atoms with Crippen molar-refractivity contribution in [2.45, 2.75) is 32.4 Å². The number of imidazole rings is 1. The van der Waals surface area contributed by atoms with Gasteiger partial charge in [-0.25, -0.2) is 4.98 Å². The van der Waals surface area contributed by atoms with E-state index < -0.39 is 0 Å². The molecular weight excluding hydrogens is 396 g/mol. The van der Waals surface area contributed by atoms with Crippen molar-refractivity contribution in [3.8, 4) is 11.5 Å². The summed E-state index contributed by atoms with van der Waals surface area (Å²) < 4.78 is 19.0. The van der Waals surface area contributed by atoms with Gasteiger partial charge >= 0.3 is 0 Å². The summed E-state index contributed by atoms with van der Waals surface area (Å²) >= 11 is 0. The van der Waals surface area contributed by atoms with Crippen LogP contribution >= 0.6 is 0 Å². The number of nitrogens with zero attached hydrogens (tertiary/aromatic N) is 2. The molecule has 0 fully saturated rings. The molecule has 3 N–H and O–H groups in total. The minimum Gasteiger partial charge on any atom is -0.486 e. The fourth-order valence-corrected chi connectivity index (χ4v) is 3.85. The number of nitrogens with one attached hydrogen (secondary N) is 1. The summed E-state index contributed by atoms with van der Waals surface area (Å²) in [6.07, 6.45) is 1.32. The number of aromatic nitrogens is 2. The Morgan fingerprint density at radius 2 is 2.13 bits per heavy atom. The number of hydrogen-bond acceptors (Lipinski definition) is 6. The summed E-state index contributed by atoms with van der Waals surface area (Å²) in [6.45, 7) is 4.10. The molecule has 1 aromatic heterocycles. The molecule has 0 radical (unpaired) electrons. The molecular formula is C23H28N4O4. The van der Waals surface area contributed by atoms with Crippen molar-refractivity contribution in [2.75, 3.05) is 32.6 Å². The number of benzene rings is 2. The van der Waals surface area contributed by atoms with Gasteiger partial charge in [0.15, 0.2) is 11.5 Å². The smallest absolute Gasteiger partial charge is 0.253 e. The van der Waals surface area contributed by atoms with Crippen LogP contribution in [-0.2, 0) is 17.7 Å². The van der Waals surface area contributed by atoms with Gasteiger partial charge in [0.1, 0.15) is 18.5 Å². The zero-order valence-electron chi connectivity index (χ0n) is 17.9. The first-order valence-electron chi connectivity index (χ1n) is 10.5. The van der Waals surface area contributed by atoms with Crippen LogP contribution in [-0.4, -0.2) is 48.4 Å². The first-order chi connectivity index (χ1) is 15.1. The highest BCUT2D eigenvalue weighted by Crippen LogP contribution is 2.31. The molecule has 0 bridgehead atoms. The van der Waals surface area contributed by atoms with Crippen LogP contribution in [0.4, 0.5) is 5.69 Å². The fourth-order valence-electron chi connectivity index (χ4n) is 3.85. The quantitative estimate of drug-likeness (QED) is 0.426. The Morgan fingerprint density at radius 1 is 1.32 bits per heavy atom. The van der Waals surface area contributed by atoms with E-state index in [1.165, 1.54) is 0 Å². The average Bonchev–Trinajstić information content (AvgIpc) is 3.14. The standard InChI is InChI=1S/C23H28N4O4/c1-3-21-26-18-12-15(24)11-17(22(18)27(21)9-6-10-29-2)23(28)25-13-16-14-30-19-7-4-5-8-20(19)31-16/h4-5,7-8,11-12,16H,3,6,9-10,13-14,24H2,1-2H3,(H,25,28). The second kappa shape index (κ2) is 9.26. The molecule has 4 rings (SSSR count). The first kappa shape index (κ1) is 21.0. The van der Waals surface area contributed by atoms with Gasteiger partial charge in [-0.2, -0.15) is 0 Å². The van der Waals surface area contributed by atoms with Crippen LogP contribution in [0.1, 0.15) is 29.5 Å². The van der Waals surface area contributed by atoms with Crippen LogP contribution in [0.25, 0.3) is 11.0 Å². The van der Waals surface area contributed by atoms with Crippen molar-refractivity contribution >= 4 is 22.6 Å².